The molecular formula is C16H21N3OS. The molecule has 1 heterocycles. The summed E-state index contributed by atoms with van der Waals surface area (Å²) in [6.45, 7) is 4.32. The van der Waals surface area contributed by atoms with Crippen molar-refractivity contribution in [3.8, 4) is 6.07 Å². The predicted molar refractivity (Wildman–Crippen MR) is 84.1 cm³/mol. The quantitative estimate of drug-likeness (QED) is 0.848. The molecule has 0 spiro atoms. The van der Waals surface area contributed by atoms with E-state index in [9.17, 15) is 10.1 Å². The van der Waals surface area contributed by atoms with Crippen LogP contribution in [-0.2, 0) is 24.1 Å². The highest BCUT2D eigenvalue weighted by atomic mass is 32.2. The lowest BCUT2D eigenvalue weighted by atomic mass is 9.87. The fourth-order valence-corrected chi connectivity index (χ4v) is 3.56. The molecule has 0 saturated carbocycles. The van der Waals surface area contributed by atoms with Gasteiger partial charge in [0.25, 0.3) is 0 Å². The SMILES string of the molecule is CC(C)Cc1c(C#N)c(SCC(N)=O)nc2c1CCCC2. The summed E-state index contributed by atoms with van der Waals surface area (Å²) in [5, 5.41) is 10.2. The maximum Gasteiger partial charge on any atom is 0.227 e. The van der Waals surface area contributed by atoms with E-state index in [0.717, 1.165) is 36.9 Å². The molecule has 1 amide bonds. The summed E-state index contributed by atoms with van der Waals surface area (Å²) >= 11 is 1.29. The lowest BCUT2D eigenvalue weighted by Gasteiger charge is -2.22. The van der Waals surface area contributed by atoms with Gasteiger partial charge in [0.2, 0.25) is 5.91 Å². The van der Waals surface area contributed by atoms with Crippen molar-refractivity contribution in [2.45, 2.75) is 51.0 Å². The number of aromatic nitrogens is 1. The molecule has 0 radical (unpaired) electrons. The van der Waals surface area contributed by atoms with Crippen molar-refractivity contribution in [3.63, 3.8) is 0 Å². The largest absolute Gasteiger partial charge is 0.369 e. The number of aryl methyl sites for hydroxylation is 1. The zero-order valence-corrected chi connectivity index (χ0v) is 13.4. The van der Waals surface area contributed by atoms with Crippen LogP contribution in [0.1, 0.15) is 49.1 Å². The minimum absolute atomic E-state index is 0.168. The Morgan fingerprint density at radius 1 is 1.43 bits per heavy atom. The first-order valence-electron chi connectivity index (χ1n) is 7.38. The smallest absolute Gasteiger partial charge is 0.227 e. The van der Waals surface area contributed by atoms with Crippen molar-refractivity contribution in [1.82, 2.24) is 4.98 Å². The van der Waals surface area contributed by atoms with Crippen LogP contribution >= 0.6 is 11.8 Å². The lowest BCUT2D eigenvalue weighted by Crippen LogP contribution is -2.16. The van der Waals surface area contributed by atoms with Crippen molar-refractivity contribution in [3.05, 3.63) is 22.4 Å². The second kappa shape index (κ2) is 6.95. The number of hydrogen-bond donors (Lipinski definition) is 1. The van der Waals surface area contributed by atoms with Crippen LogP contribution in [0.25, 0.3) is 0 Å². The Hall–Kier alpha value is -1.54. The van der Waals surface area contributed by atoms with Gasteiger partial charge in [-0.15, -0.1) is 0 Å². The van der Waals surface area contributed by atoms with E-state index < -0.39 is 0 Å². The summed E-state index contributed by atoms with van der Waals surface area (Å²) in [6, 6.07) is 2.31. The number of carbonyl (C=O) groups excluding carboxylic acids is 1. The van der Waals surface area contributed by atoms with Gasteiger partial charge in [-0.05, 0) is 49.1 Å². The summed E-state index contributed by atoms with van der Waals surface area (Å²) in [6.07, 6.45) is 5.18. The number of rotatable bonds is 5. The van der Waals surface area contributed by atoms with E-state index in [1.807, 2.05) is 0 Å². The van der Waals surface area contributed by atoms with E-state index >= 15 is 0 Å². The average molecular weight is 303 g/mol. The fraction of sp³-hybridized carbons (Fsp3) is 0.562. The van der Waals surface area contributed by atoms with Crippen LogP contribution in [0.15, 0.2) is 5.03 Å². The van der Waals surface area contributed by atoms with Crippen molar-refractivity contribution < 1.29 is 4.79 Å². The Kier molecular flexibility index (Phi) is 5.24. The molecule has 1 aromatic heterocycles. The van der Waals surface area contributed by atoms with E-state index in [4.69, 9.17) is 5.73 Å². The molecule has 0 saturated heterocycles. The molecule has 1 aliphatic rings. The lowest BCUT2D eigenvalue weighted by molar-refractivity contribution is -0.115. The van der Waals surface area contributed by atoms with E-state index in [-0.39, 0.29) is 11.7 Å². The van der Waals surface area contributed by atoms with E-state index in [1.54, 1.807) is 0 Å². The maximum absolute atomic E-state index is 11.0. The second-order valence-electron chi connectivity index (χ2n) is 5.87. The topological polar surface area (TPSA) is 79.8 Å². The number of primary amides is 1. The first-order valence-corrected chi connectivity index (χ1v) is 8.37. The molecular weight excluding hydrogens is 282 g/mol. The highest BCUT2D eigenvalue weighted by Gasteiger charge is 2.22. The highest BCUT2D eigenvalue weighted by Crippen LogP contribution is 2.32. The maximum atomic E-state index is 11.0. The van der Waals surface area contributed by atoms with Crippen molar-refractivity contribution in [2.75, 3.05) is 5.75 Å². The molecule has 0 aromatic carbocycles. The van der Waals surface area contributed by atoms with Gasteiger partial charge in [0.15, 0.2) is 0 Å². The number of hydrogen-bond acceptors (Lipinski definition) is 4. The average Bonchev–Trinajstić information content (AvgIpc) is 2.44. The monoisotopic (exact) mass is 303 g/mol. The van der Waals surface area contributed by atoms with Crippen molar-refractivity contribution in [2.24, 2.45) is 11.7 Å². The van der Waals surface area contributed by atoms with Gasteiger partial charge in [-0.1, -0.05) is 25.6 Å². The molecule has 5 heteroatoms. The van der Waals surface area contributed by atoms with Gasteiger partial charge in [-0.2, -0.15) is 5.26 Å². The van der Waals surface area contributed by atoms with Crippen LogP contribution in [0.5, 0.6) is 0 Å². The zero-order chi connectivity index (χ0) is 15.4. The number of amides is 1. The molecule has 0 fully saturated rings. The molecule has 0 atom stereocenters. The molecule has 1 aromatic rings. The Morgan fingerprint density at radius 3 is 2.76 bits per heavy atom. The molecule has 2 rings (SSSR count). The van der Waals surface area contributed by atoms with Gasteiger partial charge in [-0.25, -0.2) is 4.98 Å². The van der Waals surface area contributed by atoms with Gasteiger partial charge >= 0.3 is 0 Å². The first-order chi connectivity index (χ1) is 10.0. The van der Waals surface area contributed by atoms with Gasteiger partial charge in [0.05, 0.1) is 11.3 Å². The molecule has 4 nitrogen and oxygen atoms in total. The predicted octanol–water partition coefficient (Wildman–Crippen LogP) is 2.61. The summed E-state index contributed by atoms with van der Waals surface area (Å²) in [5.74, 6) is 0.273. The van der Waals surface area contributed by atoms with Crippen molar-refractivity contribution >= 4 is 17.7 Å². The van der Waals surface area contributed by atoms with Crippen LogP contribution in [0, 0.1) is 17.2 Å². The van der Waals surface area contributed by atoms with Gasteiger partial charge < -0.3 is 5.73 Å². The van der Waals surface area contributed by atoms with E-state index in [1.165, 1.54) is 23.7 Å². The normalized spacial score (nSPS) is 13.8. The van der Waals surface area contributed by atoms with E-state index in [2.05, 4.69) is 24.9 Å². The van der Waals surface area contributed by atoms with Crippen molar-refractivity contribution in [1.29, 1.82) is 5.26 Å². The minimum atomic E-state index is -0.381. The van der Waals surface area contributed by atoms with Crippen LogP contribution in [-0.4, -0.2) is 16.6 Å². The van der Waals surface area contributed by atoms with Gasteiger partial charge in [-0.3, -0.25) is 4.79 Å². The number of nitrogens with two attached hydrogens (primary N) is 1. The van der Waals surface area contributed by atoms with Crippen LogP contribution < -0.4 is 5.73 Å². The molecule has 21 heavy (non-hydrogen) atoms. The number of carbonyl (C=O) groups is 1. The molecule has 0 aliphatic heterocycles. The third-order valence-corrected chi connectivity index (χ3v) is 4.63. The minimum Gasteiger partial charge on any atom is -0.369 e. The Balaban J connectivity index is 2.50. The molecule has 112 valence electrons. The van der Waals surface area contributed by atoms with Crippen LogP contribution in [0.4, 0.5) is 0 Å². The standard InChI is InChI=1S/C16H21N3OS/c1-10(2)7-12-11-5-3-4-6-14(11)19-16(13(12)8-17)21-9-15(18)20/h10H,3-7,9H2,1-2H3,(H2,18,20). The molecule has 2 N–H and O–H groups in total. The Morgan fingerprint density at radius 2 is 2.14 bits per heavy atom. The zero-order valence-electron chi connectivity index (χ0n) is 12.6. The third-order valence-electron chi connectivity index (χ3n) is 3.63. The number of pyridine rings is 1. The highest BCUT2D eigenvalue weighted by molar-refractivity contribution is 8.00. The van der Waals surface area contributed by atoms with Crippen LogP contribution in [0.2, 0.25) is 0 Å². The first kappa shape index (κ1) is 15.8. The number of fused-ring (bicyclic) bond motifs is 1. The summed E-state index contributed by atoms with van der Waals surface area (Å²) in [5.41, 5.74) is 9.40. The third kappa shape index (κ3) is 3.76. The fourth-order valence-electron chi connectivity index (χ4n) is 2.79. The van der Waals surface area contributed by atoms with Gasteiger partial charge in [0, 0.05) is 5.69 Å². The Bertz CT molecular complexity index is 590. The second-order valence-corrected chi connectivity index (χ2v) is 6.83. The summed E-state index contributed by atoms with van der Waals surface area (Å²) in [7, 11) is 0. The Labute approximate surface area is 130 Å². The molecule has 0 bridgehead atoms. The number of nitrogens with zero attached hydrogens (tertiary/aromatic N) is 2. The molecule has 0 unspecified atom stereocenters. The molecule has 1 aliphatic carbocycles. The van der Waals surface area contributed by atoms with Crippen LogP contribution in [0.3, 0.4) is 0 Å². The van der Waals surface area contributed by atoms with E-state index in [0.29, 0.717) is 16.5 Å². The van der Waals surface area contributed by atoms with Gasteiger partial charge in [0.1, 0.15) is 11.1 Å². The summed E-state index contributed by atoms with van der Waals surface area (Å²) in [4.78, 5) is 15.7. The summed E-state index contributed by atoms with van der Waals surface area (Å²) < 4.78 is 0. The number of nitriles is 1. The number of thioether (sulfide) groups is 1.